The standard InChI is InChI=1S/C14H19F2NO2S/c1-12(2,10-5-3-8-20-10)9-17-11(18)14(15,16)13(19)6-4-7-13/h3,5,8,19H,4,6-7,9H2,1-2H3,(H,17,18). The molecule has 0 radical (unpaired) electrons. The van der Waals surface area contributed by atoms with Crippen LogP contribution < -0.4 is 5.32 Å². The zero-order valence-electron chi connectivity index (χ0n) is 11.6. The van der Waals surface area contributed by atoms with Gasteiger partial charge in [-0.1, -0.05) is 19.9 Å². The van der Waals surface area contributed by atoms with Gasteiger partial charge in [0.15, 0.2) is 0 Å². The summed E-state index contributed by atoms with van der Waals surface area (Å²) in [5, 5.41) is 13.9. The topological polar surface area (TPSA) is 49.3 Å². The van der Waals surface area contributed by atoms with Crippen molar-refractivity contribution in [3.8, 4) is 0 Å². The lowest BCUT2D eigenvalue weighted by molar-refractivity contribution is -0.216. The number of nitrogens with one attached hydrogen (secondary N) is 1. The van der Waals surface area contributed by atoms with Gasteiger partial charge >= 0.3 is 5.92 Å². The van der Waals surface area contributed by atoms with Crippen LogP contribution in [0.5, 0.6) is 0 Å². The summed E-state index contributed by atoms with van der Waals surface area (Å²) in [6.07, 6.45) is 0.476. The van der Waals surface area contributed by atoms with Crippen LogP contribution in [-0.2, 0) is 10.2 Å². The summed E-state index contributed by atoms with van der Waals surface area (Å²) in [6, 6.07) is 3.80. The summed E-state index contributed by atoms with van der Waals surface area (Å²) in [7, 11) is 0. The Morgan fingerprint density at radius 2 is 2.15 bits per heavy atom. The fourth-order valence-corrected chi connectivity index (χ4v) is 3.05. The first kappa shape index (κ1) is 15.4. The molecule has 1 amide bonds. The molecule has 0 aliphatic heterocycles. The Balaban J connectivity index is 1.98. The highest BCUT2D eigenvalue weighted by atomic mass is 32.1. The molecule has 1 aromatic heterocycles. The molecule has 0 aromatic carbocycles. The fraction of sp³-hybridized carbons (Fsp3) is 0.643. The van der Waals surface area contributed by atoms with Crippen LogP contribution in [0, 0.1) is 0 Å². The first-order chi connectivity index (χ1) is 9.19. The third-order valence-electron chi connectivity index (χ3n) is 3.93. The summed E-state index contributed by atoms with van der Waals surface area (Å²) < 4.78 is 27.8. The van der Waals surface area contributed by atoms with Crippen LogP contribution in [0.25, 0.3) is 0 Å². The average Bonchev–Trinajstić information content (AvgIpc) is 2.87. The van der Waals surface area contributed by atoms with Gasteiger partial charge in [-0.05, 0) is 30.7 Å². The van der Waals surface area contributed by atoms with Crippen molar-refractivity contribution in [3.05, 3.63) is 22.4 Å². The summed E-state index contributed by atoms with van der Waals surface area (Å²) in [5.74, 6) is -5.11. The minimum atomic E-state index is -3.73. The second kappa shape index (κ2) is 5.07. The molecule has 1 fully saturated rings. The average molecular weight is 303 g/mol. The van der Waals surface area contributed by atoms with Gasteiger partial charge in [0.2, 0.25) is 0 Å². The van der Waals surface area contributed by atoms with Crippen molar-refractivity contribution in [3.63, 3.8) is 0 Å². The zero-order valence-corrected chi connectivity index (χ0v) is 12.4. The molecule has 3 nitrogen and oxygen atoms in total. The van der Waals surface area contributed by atoms with E-state index in [2.05, 4.69) is 5.32 Å². The van der Waals surface area contributed by atoms with E-state index in [1.807, 2.05) is 31.4 Å². The molecule has 1 heterocycles. The maximum Gasteiger partial charge on any atom is 0.352 e. The van der Waals surface area contributed by atoms with E-state index in [1.165, 1.54) is 11.3 Å². The summed E-state index contributed by atoms with van der Waals surface area (Å²) >= 11 is 1.52. The van der Waals surface area contributed by atoms with Crippen molar-refractivity contribution < 1.29 is 18.7 Å². The lowest BCUT2D eigenvalue weighted by Crippen LogP contribution is -2.61. The molecular formula is C14H19F2NO2S. The smallest absolute Gasteiger partial charge is 0.352 e. The molecule has 20 heavy (non-hydrogen) atoms. The Morgan fingerprint density at radius 3 is 2.60 bits per heavy atom. The summed E-state index contributed by atoms with van der Waals surface area (Å²) in [5.41, 5.74) is -2.58. The maximum atomic E-state index is 13.9. The van der Waals surface area contributed by atoms with Crippen molar-refractivity contribution in [1.82, 2.24) is 5.32 Å². The Labute approximate surface area is 121 Å². The number of rotatable bonds is 5. The number of halogens is 2. The number of hydrogen-bond acceptors (Lipinski definition) is 3. The van der Waals surface area contributed by atoms with Gasteiger partial charge in [0.25, 0.3) is 5.91 Å². The minimum Gasteiger partial charge on any atom is -0.383 e. The molecule has 1 aliphatic rings. The summed E-state index contributed by atoms with van der Waals surface area (Å²) in [6.45, 7) is 3.88. The number of aliphatic hydroxyl groups is 1. The lowest BCUT2D eigenvalue weighted by atomic mass is 9.75. The first-order valence-corrected chi connectivity index (χ1v) is 7.49. The van der Waals surface area contributed by atoms with E-state index in [-0.39, 0.29) is 19.4 Å². The van der Waals surface area contributed by atoms with Crippen LogP contribution in [-0.4, -0.2) is 29.1 Å². The summed E-state index contributed by atoms with van der Waals surface area (Å²) in [4.78, 5) is 12.7. The van der Waals surface area contributed by atoms with Gasteiger partial charge in [-0.15, -0.1) is 11.3 Å². The van der Waals surface area contributed by atoms with E-state index >= 15 is 0 Å². The molecule has 1 saturated carbocycles. The van der Waals surface area contributed by atoms with E-state index in [4.69, 9.17) is 0 Å². The maximum absolute atomic E-state index is 13.9. The number of alkyl halides is 2. The predicted molar refractivity (Wildman–Crippen MR) is 74.1 cm³/mol. The lowest BCUT2D eigenvalue weighted by Gasteiger charge is -2.41. The number of carbonyl (C=O) groups is 1. The van der Waals surface area contributed by atoms with E-state index < -0.39 is 22.8 Å². The van der Waals surface area contributed by atoms with E-state index in [0.29, 0.717) is 6.42 Å². The molecule has 2 rings (SSSR count). The molecule has 1 aromatic rings. The van der Waals surface area contributed by atoms with Crippen molar-refractivity contribution in [2.75, 3.05) is 6.54 Å². The van der Waals surface area contributed by atoms with Crippen molar-refractivity contribution in [1.29, 1.82) is 0 Å². The van der Waals surface area contributed by atoms with Gasteiger partial charge < -0.3 is 10.4 Å². The SMILES string of the molecule is CC(C)(CNC(=O)C(F)(F)C1(O)CCC1)c1cccs1. The molecule has 112 valence electrons. The van der Waals surface area contributed by atoms with Crippen molar-refractivity contribution in [2.24, 2.45) is 0 Å². The molecule has 0 unspecified atom stereocenters. The van der Waals surface area contributed by atoms with Crippen LogP contribution in [0.3, 0.4) is 0 Å². The highest BCUT2D eigenvalue weighted by molar-refractivity contribution is 7.10. The largest absolute Gasteiger partial charge is 0.383 e. The third kappa shape index (κ3) is 2.59. The number of thiophene rings is 1. The molecule has 1 aliphatic carbocycles. The van der Waals surface area contributed by atoms with Crippen molar-refractivity contribution >= 4 is 17.2 Å². The Morgan fingerprint density at radius 1 is 1.50 bits per heavy atom. The first-order valence-electron chi connectivity index (χ1n) is 6.62. The highest BCUT2D eigenvalue weighted by Crippen LogP contribution is 2.44. The van der Waals surface area contributed by atoms with Gasteiger partial charge in [-0.2, -0.15) is 8.78 Å². The Bertz CT molecular complexity index is 481. The van der Waals surface area contributed by atoms with E-state index in [1.54, 1.807) is 0 Å². The fourth-order valence-electron chi connectivity index (χ4n) is 2.20. The second-order valence-corrected chi connectivity index (χ2v) is 6.95. The molecule has 0 spiro atoms. The number of carbonyl (C=O) groups excluding carboxylic acids is 1. The molecule has 6 heteroatoms. The van der Waals surface area contributed by atoms with E-state index in [0.717, 1.165) is 4.88 Å². The number of amides is 1. The normalized spacial score (nSPS) is 18.4. The van der Waals surface area contributed by atoms with Gasteiger partial charge in [0, 0.05) is 16.8 Å². The van der Waals surface area contributed by atoms with Crippen LogP contribution >= 0.6 is 11.3 Å². The monoisotopic (exact) mass is 303 g/mol. The highest BCUT2D eigenvalue weighted by Gasteiger charge is 2.61. The second-order valence-electron chi connectivity index (χ2n) is 6.00. The zero-order chi connectivity index (χ0) is 15.0. The van der Waals surface area contributed by atoms with Crippen LogP contribution in [0.2, 0.25) is 0 Å². The van der Waals surface area contributed by atoms with Gasteiger partial charge in [0.05, 0.1) is 0 Å². The molecule has 2 N–H and O–H groups in total. The quantitative estimate of drug-likeness (QED) is 0.878. The molecule has 0 bridgehead atoms. The number of hydrogen-bond donors (Lipinski definition) is 2. The Hall–Kier alpha value is -1.01. The van der Waals surface area contributed by atoms with Crippen molar-refractivity contribution in [2.45, 2.75) is 50.0 Å². The van der Waals surface area contributed by atoms with Crippen LogP contribution in [0.1, 0.15) is 38.0 Å². The predicted octanol–water partition coefficient (Wildman–Crippen LogP) is 2.69. The van der Waals surface area contributed by atoms with E-state index in [9.17, 15) is 18.7 Å². The Kier molecular flexibility index (Phi) is 3.90. The third-order valence-corrected chi connectivity index (χ3v) is 5.17. The minimum absolute atomic E-state index is 0.0261. The van der Waals surface area contributed by atoms with Gasteiger partial charge in [-0.25, -0.2) is 0 Å². The van der Waals surface area contributed by atoms with Crippen LogP contribution in [0.15, 0.2) is 17.5 Å². The molecule has 0 saturated heterocycles. The van der Waals surface area contributed by atoms with Gasteiger partial charge in [-0.3, -0.25) is 4.79 Å². The van der Waals surface area contributed by atoms with Crippen LogP contribution in [0.4, 0.5) is 8.78 Å². The molecular weight excluding hydrogens is 284 g/mol. The van der Waals surface area contributed by atoms with Gasteiger partial charge in [0.1, 0.15) is 5.60 Å². The molecule has 0 atom stereocenters.